The van der Waals surface area contributed by atoms with Crippen LogP contribution in [0.3, 0.4) is 0 Å². The highest BCUT2D eigenvalue weighted by atomic mass is 35.5. The van der Waals surface area contributed by atoms with Crippen molar-refractivity contribution in [2.24, 2.45) is 0 Å². The first-order valence-electron chi connectivity index (χ1n) is 6.83. The van der Waals surface area contributed by atoms with Crippen LogP contribution in [0.2, 0.25) is 5.02 Å². The maximum atomic E-state index is 6.18. The summed E-state index contributed by atoms with van der Waals surface area (Å²) in [5.74, 6) is 2.53. The summed E-state index contributed by atoms with van der Waals surface area (Å²) in [5.41, 5.74) is 1.11. The van der Waals surface area contributed by atoms with Crippen molar-refractivity contribution < 1.29 is 9.47 Å². The number of benzene rings is 1. The van der Waals surface area contributed by atoms with Gasteiger partial charge in [-0.2, -0.15) is 11.8 Å². The molecule has 0 aliphatic carbocycles. The molecule has 114 valence electrons. The second-order valence-corrected chi connectivity index (χ2v) is 5.94. The van der Waals surface area contributed by atoms with Gasteiger partial charge >= 0.3 is 0 Å². The molecule has 0 amide bonds. The average molecular weight is 318 g/mol. The molecule has 0 radical (unpaired) electrons. The van der Waals surface area contributed by atoms with Crippen molar-refractivity contribution in [1.29, 1.82) is 0 Å². The fourth-order valence-corrected chi connectivity index (χ4v) is 2.78. The van der Waals surface area contributed by atoms with Crippen LogP contribution in [-0.4, -0.2) is 32.8 Å². The number of unbranched alkanes of at least 4 members (excludes halogenated alkanes) is 2. The fraction of sp³-hybridized carbons (Fsp3) is 0.600. The normalized spacial score (nSPS) is 10.6. The Morgan fingerprint density at radius 2 is 1.95 bits per heavy atom. The largest absolute Gasteiger partial charge is 0.493 e. The van der Waals surface area contributed by atoms with Crippen molar-refractivity contribution in [3.8, 4) is 11.5 Å². The van der Waals surface area contributed by atoms with E-state index in [1.54, 1.807) is 14.2 Å². The maximum absolute atomic E-state index is 6.18. The molecular formula is C15H24ClNO2S. The second-order valence-electron chi connectivity index (χ2n) is 4.54. The zero-order chi connectivity index (χ0) is 14.8. The smallest absolute Gasteiger partial charge is 0.179 e. The van der Waals surface area contributed by atoms with Crippen LogP contribution < -0.4 is 14.8 Å². The molecule has 0 saturated heterocycles. The van der Waals surface area contributed by atoms with Crippen LogP contribution in [0.1, 0.15) is 24.8 Å². The van der Waals surface area contributed by atoms with E-state index in [1.165, 1.54) is 25.0 Å². The Kier molecular flexibility index (Phi) is 8.90. The summed E-state index contributed by atoms with van der Waals surface area (Å²) in [6.45, 7) is 1.82. The molecule has 1 N–H and O–H groups in total. The van der Waals surface area contributed by atoms with E-state index >= 15 is 0 Å². The Hall–Kier alpha value is -0.580. The minimum Gasteiger partial charge on any atom is -0.493 e. The predicted molar refractivity (Wildman–Crippen MR) is 88.5 cm³/mol. The number of rotatable bonds is 10. The first kappa shape index (κ1) is 17.5. The van der Waals surface area contributed by atoms with E-state index in [4.69, 9.17) is 21.1 Å². The molecule has 0 saturated carbocycles. The molecule has 5 heteroatoms. The summed E-state index contributed by atoms with van der Waals surface area (Å²) in [4.78, 5) is 0. The van der Waals surface area contributed by atoms with Crippen LogP contribution in [0.5, 0.6) is 11.5 Å². The Bertz CT molecular complexity index is 402. The third-order valence-corrected chi connectivity index (χ3v) is 4.00. The number of hydrogen-bond acceptors (Lipinski definition) is 4. The molecule has 0 aliphatic rings. The minimum atomic E-state index is 0.587. The van der Waals surface area contributed by atoms with Crippen LogP contribution in [0.15, 0.2) is 12.1 Å². The molecule has 0 unspecified atom stereocenters. The van der Waals surface area contributed by atoms with Gasteiger partial charge in [0.1, 0.15) is 0 Å². The van der Waals surface area contributed by atoms with Crippen LogP contribution in [0.25, 0.3) is 0 Å². The summed E-state index contributed by atoms with van der Waals surface area (Å²) in [6, 6.07) is 3.88. The summed E-state index contributed by atoms with van der Waals surface area (Å²) >= 11 is 8.09. The van der Waals surface area contributed by atoms with Gasteiger partial charge in [-0.25, -0.2) is 0 Å². The van der Waals surface area contributed by atoms with E-state index in [2.05, 4.69) is 11.6 Å². The van der Waals surface area contributed by atoms with Gasteiger partial charge in [0.05, 0.1) is 19.2 Å². The lowest BCUT2D eigenvalue weighted by molar-refractivity contribution is 0.354. The van der Waals surface area contributed by atoms with E-state index in [0.717, 1.165) is 18.7 Å². The van der Waals surface area contributed by atoms with Gasteiger partial charge in [-0.05, 0) is 49.1 Å². The maximum Gasteiger partial charge on any atom is 0.179 e. The zero-order valence-corrected chi connectivity index (χ0v) is 14.1. The molecule has 0 aromatic heterocycles. The molecule has 3 nitrogen and oxygen atoms in total. The number of ether oxygens (including phenoxy) is 2. The topological polar surface area (TPSA) is 30.5 Å². The van der Waals surface area contributed by atoms with E-state index in [-0.39, 0.29) is 0 Å². The summed E-state index contributed by atoms with van der Waals surface area (Å²) in [6.07, 6.45) is 5.94. The van der Waals surface area contributed by atoms with Crippen molar-refractivity contribution in [2.45, 2.75) is 25.8 Å². The number of halogens is 1. The monoisotopic (exact) mass is 317 g/mol. The van der Waals surface area contributed by atoms with Crippen molar-refractivity contribution in [3.05, 3.63) is 22.7 Å². The van der Waals surface area contributed by atoms with Crippen LogP contribution in [-0.2, 0) is 6.54 Å². The number of nitrogens with one attached hydrogen (secondary N) is 1. The molecule has 1 aromatic carbocycles. The second kappa shape index (κ2) is 10.2. The first-order chi connectivity index (χ1) is 9.72. The quantitative estimate of drug-likeness (QED) is 0.661. The van der Waals surface area contributed by atoms with Crippen molar-refractivity contribution >= 4 is 23.4 Å². The average Bonchev–Trinajstić information content (AvgIpc) is 2.45. The fourth-order valence-electron chi connectivity index (χ4n) is 1.98. The highest BCUT2D eigenvalue weighted by molar-refractivity contribution is 7.98. The highest BCUT2D eigenvalue weighted by Crippen LogP contribution is 2.35. The molecule has 0 bridgehead atoms. The van der Waals surface area contributed by atoms with E-state index < -0.39 is 0 Å². The van der Waals surface area contributed by atoms with E-state index in [1.807, 2.05) is 23.9 Å². The van der Waals surface area contributed by atoms with Crippen molar-refractivity contribution in [1.82, 2.24) is 5.32 Å². The lowest BCUT2D eigenvalue weighted by atomic mass is 10.2. The summed E-state index contributed by atoms with van der Waals surface area (Å²) < 4.78 is 10.5. The number of methoxy groups -OCH3 is 2. The summed E-state index contributed by atoms with van der Waals surface area (Å²) in [5, 5.41) is 4.02. The first-order valence-corrected chi connectivity index (χ1v) is 8.60. The Balaban J connectivity index is 2.39. The molecule has 0 aliphatic heterocycles. The Labute approximate surface area is 131 Å². The van der Waals surface area contributed by atoms with Crippen molar-refractivity contribution in [2.75, 3.05) is 32.8 Å². The van der Waals surface area contributed by atoms with E-state index in [9.17, 15) is 0 Å². The molecule has 0 heterocycles. The molecular weight excluding hydrogens is 294 g/mol. The van der Waals surface area contributed by atoms with E-state index in [0.29, 0.717) is 16.5 Å². The Morgan fingerprint density at radius 1 is 1.15 bits per heavy atom. The lowest BCUT2D eigenvalue weighted by Gasteiger charge is -2.12. The molecule has 0 atom stereocenters. The minimum absolute atomic E-state index is 0.587. The number of thioether (sulfide) groups is 1. The summed E-state index contributed by atoms with van der Waals surface area (Å²) in [7, 11) is 3.22. The SMILES string of the molecule is COc1cc(CNCCCCCSC)cc(Cl)c1OC. The highest BCUT2D eigenvalue weighted by Gasteiger charge is 2.10. The third kappa shape index (κ3) is 5.81. The van der Waals surface area contributed by atoms with Gasteiger partial charge in [0.2, 0.25) is 0 Å². The standard InChI is InChI=1S/C15H24ClNO2S/c1-18-14-10-12(9-13(16)15(14)19-2)11-17-7-5-4-6-8-20-3/h9-10,17H,4-8,11H2,1-3H3. The third-order valence-electron chi connectivity index (χ3n) is 3.02. The Morgan fingerprint density at radius 3 is 2.60 bits per heavy atom. The van der Waals surface area contributed by atoms with Gasteiger partial charge < -0.3 is 14.8 Å². The van der Waals surface area contributed by atoms with Crippen molar-refractivity contribution in [3.63, 3.8) is 0 Å². The molecule has 0 fully saturated rings. The zero-order valence-electron chi connectivity index (χ0n) is 12.5. The molecule has 1 aromatic rings. The van der Waals surface area contributed by atoms with Gasteiger partial charge in [0.25, 0.3) is 0 Å². The molecule has 0 spiro atoms. The van der Waals surface area contributed by atoms with Gasteiger partial charge in [0.15, 0.2) is 11.5 Å². The molecule has 1 rings (SSSR count). The lowest BCUT2D eigenvalue weighted by Crippen LogP contribution is -2.14. The van der Waals surface area contributed by atoms with Gasteiger partial charge in [-0.3, -0.25) is 0 Å². The van der Waals surface area contributed by atoms with Crippen LogP contribution >= 0.6 is 23.4 Å². The van der Waals surface area contributed by atoms with Gasteiger partial charge in [0, 0.05) is 6.54 Å². The van der Waals surface area contributed by atoms with Gasteiger partial charge in [-0.1, -0.05) is 18.0 Å². The molecule has 20 heavy (non-hydrogen) atoms. The van der Waals surface area contributed by atoms with Crippen LogP contribution in [0, 0.1) is 0 Å². The van der Waals surface area contributed by atoms with Crippen LogP contribution in [0.4, 0.5) is 0 Å². The van der Waals surface area contributed by atoms with Gasteiger partial charge in [-0.15, -0.1) is 0 Å². The predicted octanol–water partition coefficient (Wildman–Crippen LogP) is 3.98. The number of hydrogen-bond donors (Lipinski definition) is 1.